The fraction of sp³-hybridized carbons (Fsp3) is 0.333. The van der Waals surface area contributed by atoms with Gasteiger partial charge in [0.1, 0.15) is 13.3 Å². The molecule has 0 amide bonds. The van der Waals surface area contributed by atoms with Crippen molar-refractivity contribution in [2.45, 2.75) is 0 Å². The summed E-state index contributed by atoms with van der Waals surface area (Å²) in [5, 5.41) is 2.43. The van der Waals surface area contributed by atoms with Crippen molar-refractivity contribution in [3.05, 3.63) is 0 Å². The molecule has 4 heteroatoms. The normalized spacial score (nSPS) is 9.43. The summed E-state index contributed by atoms with van der Waals surface area (Å²) in [6.07, 6.45) is 0.877. The van der Waals surface area contributed by atoms with Crippen molar-refractivity contribution < 1.29 is 9.63 Å². The average molecular weight is 122 g/mol. The zero-order valence-corrected chi connectivity index (χ0v) is 4.47. The number of hydrogen-bond acceptors (Lipinski definition) is 3. The van der Waals surface area contributed by atoms with Crippen LogP contribution in [0.2, 0.25) is 0 Å². The SMILES string of the molecule is CO/N=C\C(=O)Cl. The van der Waals surface area contributed by atoms with Crippen molar-refractivity contribution >= 4 is 23.1 Å². The monoisotopic (exact) mass is 121 g/mol. The van der Waals surface area contributed by atoms with E-state index in [0.717, 1.165) is 6.21 Å². The first-order valence-electron chi connectivity index (χ1n) is 1.53. The van der Waals surface area contributed by atoms with E-state index >= 15 is 0 Å². The first kappa shape index (κ1) is 6.43. The lowest BCUT2D eigenvalue weighted by Crippen LogP contribution is -1.84. The van der Waals surface area contributed by atoms with Crippen LogP contribution in [-0.2, 0) is 9.63 Å². The highest BCUT2D eigenvalue weighted by atomic mass is 35.5. The van der Waals surface area contributed by atoms with Gasteiger partial charge in [-0.1, -0.05) is 5.16 Å². The third kappa shape index (κ3) is 5.43. The molecule has 0 heterocycles. The highest BCUT2D eigenvalue weighted by Crippen LogP contribution is 1.72. The van der Waals surface area contributed by atoms with E-state index in [1.54, 1.807) is 0 Å². The molecule has 0 rings (SSSR count). The number of carbonyl (C=O) groups is 1. The van der Waals surface area contributed by atoms with Crippen LogP contribution in [0.1, 0.15) is 0 Å². The smallest absolute Gasteiger partial charge is 0.266 e. The Labute approximate surface area is 45.9 Å². The van der Waals surface area contributed by atoms with Gasteiger partial charge in [-0.3, -0.25) is 4.79 Å². The number of hydrogen-bond donors (Lipinski definition) is 0. The predicted octanol–water partition coefficient (Wildman–Crippen LogP) is 0.384. The van der Waals surface area contributed by atoms with Gasteiger partial charge in [0, 0.05) is 0 Å². The Kier molecular flexibility index (Phi) is 3.32. The van der Waals surface area contributed by atoms with Crippen LogP contribution in [0.5, 0.6) is 0 Å². The second-order valence-corrected chi connectivity index (χ2v) is 1.09. The largest absolute Gasteiger partial charge is 0.399 e. The van der Waals surface area contributed by atoms with Crippen LogP contribution < -0.4 is 0 Å². The molecule has 0 aliphatic heterocycles. The predicted molar refractivity (Wildman–Crippen MR) is 26.4 cm³/mol. The molecule has 0 atom stereocenters. The minimum Gasteiger partial charge on any atom is -0.399 e. The Bertz CT molecular complexity index is 90.9. The number of rotatable bonds is 2. The summed E-state index contributed by atoms with van der Waals surface area (Å²) < 4.78 is 0. The molecule has 0 saturated heterocycles. The zero-order valence-electron chi connectivity index (χ0n) is 3.72. The summed E-state index contributed by atoms with van der Waals surface area (Å²) >= 11 is 4.79. The summed E-state index contributed by atoms with van der Waals surface area (Å²) in [6, 6.07) is 0. The van der Waals surface area contributed by atoms with Crippen LogP contribution in [0.3, 0.4) is 0 Å². The van der Waals surface area contributed by atoms with Crippen molar-refractivity contribution in [1.82, 2.24) is 0 Å². The molecule has 0 radical (unpaired) electrons. The fourth-order valence-corrected chi connectivity index (χ4v) is 0.134. The minimum absolute atomic E-state index is 0.637. The molecule has 0 aliphatic rings. The molecule has 7 heavy (non-hydrogen) atoms. The van der Waals surface area contributed by atoms with Gasteiger partial charge >= 0.3 is 0 Å². The van der Waals surface area contributed by atoms with Crippen molar-refractivity contribution in [2.24, 2.45) is 5.16 Å². The molecular formula is C3H4ClNO2. The van der Waals surface area contributed by atoms with E-state index in [2.05, 4.69) is 9.99 Å². The molecule has 0 aromatic carbocycles. The maximum absolute atomic E-state index is 9.74. The lowest BCUT2D eigenvalue weighted by Gasteiger charge is -1.77. The van der Waals surface area contributed by atoms with Gasteiger partial charge in [0.2, 0.25) is 0 Å². The Morgan fingerprint density at radius 2 is 2.57 bits per heavy atom. The molecule has 40 valence electrons. The summed E-state index contributed by atoms with van der Waals surface area (Å²) in [6.45, 7) is 0. The van der Waals surface area contributed by atoms with Gasteiger partial charge in [-0.15, -0.1) is 0 Å². The maximum Gasteiger partial charge on any atom is 0.266 e. The van der Waals surface area contributed by atoms with Crippen LogP contribution in [-0.4, -0.2) is 18.6 Å². The molecule has 3 nitrogen and oxygen atoms in total. The highest BCUT2D eigenvalue weighted by molar-refractivity contribution is 6.77. The van der Waals surface area contributed by atoms with Crippen LogP contribution >= 0.6 is 11.6 Å². The second-order valence-electron chi connectivity index (χ2n) is 0.721. The minimum atomic E-state index is -0.637. The summed E-state index contributed by atoms with van der Waals surface area (Å²) in [7, 11) is 1.33. The molecule has 0 bridgehead atoms. The number of halogens is 1. The Morgan fingerprint density at radius 1 is 2.00 bits per heavy atom. The molecule has 0 aromatic rings. The third-order valence-electron chi connectivity index (χ3n) is 0.260. The average Bonchev–Trinajstić information content (AvgIpc) is 1.61. The lowest BCUT2D eigenvalue weighted by molar-refractivity contribution is -0.106. The fourth-order valence-electron chi connectivity index (χ4n) is 0.0941. The third-order valence-corrected chi connectivity index (χ3v) is 0.357. The molecule has 0 aliphatic carbocycles. The van der Waals surface area contributed by atoms with Crippen molar-refractivity contribution in [3.63, 3.8) is 0 Å². The Balaban J connectivity index is 3.26. The van der Waals surface area contributed by atoms with E-state index in [1.807, 2.05) is 0 Å². The van der Waals surface area contributed by atoms with Gasteiger partial charge in [-0.05, 0) is 11.6 Å². The highest BCUT2D eigenvalue weighted by Gasteiger charge is 1.82. The van der Waals surface area contributed by atoms with E-state index in [0.29, 0.717) is 0 Å². The first-order chi connectivity index (χ1) is 3.27. The van der Waals surface area contributed by atoms with Gasteiger partial charge in [0.15, 0.2) is 0 Å². The lowest BCUT2D eigenvalue weighted by atomic mass is 10.9. The second kappa shape index (κ2) is 3.61. The number of nitrogens with zero attached hydrogens (tertiary/aromatic N) is 1. The van der Waals surface area contributed by atoms with Gasteiger partial charge in [-0.25, -0.2) is 0 Å². The molecule has 0 N–H and O–H groups in total. The van der Waals surface area contributed by atoms with Gasteiger partial charge in [-0.2, -0.15) is 0 Å². The van der Waals surface area contributed by atoms with Crippen molar-refractivity contribution in [2.75, 3.05) is 7.11 Å². The number of carbonyl (C=O) groups excluding carboxylic acids is 1. The van der Waals surface area contributed by atoms with Crippen LogP contribution in [0, 0.1) is 0 Å². The van der Waals surface area contributed by atoms with E-state index in [-0.39, 0.29) is 0 Å². The first-order valence-corrected chi connectivity index (χ1v) is 1.91. The molecular weight excluding hydrogens is 117 g/mol. The van der Waals surface area contributed by atoms with Crippen LogP contribution in [0.4, 0.5) is 0 Å². The molecule has 0 aromatic heterocycles. The topological polar surface area (TPSA) is 38.7 Å². The summed E-state index contributed by atoms with van der Waals surface area (Å²) in [5.74, 6) is 0. The van der Waals surface area contributed by atoms with E-state index in [1.165, 1.54) is 7.11 Å². The van der Waals surface area contributed by atoms with E-state index in [4.69, 9.17) is 11.6 Å². The maximum atomic E-state index is 9.74. The van der Waals surface area contributed by atoms with Crippen molar-refractivity contribution in [3.8, 4) is 0 Å². The van der Waals surface area contributed by atoms with Gasteiger partial charge in [0.05, 0.1) is 0 Å². The molecule has 0 unspecified atom stereocenters. The zero-order chi connectivity index (χ0) is 5.70. The molecule has 0 spiro atoms. The quantitative estimate of drug-likeness (QED) is 0.301. The summed E-state index contributed by atoms with van der Waals surface area (Å²) in [5.41, 5.74) is 0. The number of oxime groups is 1. The molecule has 0 saturated carbocycles. The van der Waals surface area contributed by atoms with E-state index < -0.39 is 5.24 Å². The Morgan fingerprint density at radius 3 is 2.71 bits per heavy atom. The van der Waals surface area contributed by atoms with Crippen LogP contribution in [0.15, 0.2) is 5.16 Å². The van der Waals surface area contributed by atoms with Crippen LogP contribution in [0.25, 0.3) is 0 Å². The summed E-state index contributed by atoms with van der Waals surface area (Å²) in [4.78, 5) is 13.9. The molecule has 0 fully saturated rings. The van der Waals surface area contributed by atoms with Crippen molar-refractivity contribution in [1.29, 1.82) is 0 Å². The Hall–Kier alpha value is -0.570. The standard InChI is InChI=1S/C3H4ClNO2/c1-7-5-2-3(4)6/h2H,1H3/b5-2-. The van der Waals surface area contributed by atoms with Gasteiger partial charge in [0.25, 0.3) is 5.24 Å². The van der Waals surface area contributed by atoms with E-state index in [9.17, 15) is 4.79 Å². The van der Waals surface area contributed by atoms with Gasteiger partial charge < -0.3 is 4.84 Å².